The van der Waals surface area contributed by atoms with Crippen LogP contribution in [0, 0.1) is 5.21 Å². The maximum atomic E-state index is 11.0. The predicted molar refractivity (Wildman–Crippen MR) is 51.1 cm³/mol. The molecule has 0 radical (unpaired) electrons. The van der Waals surface area contributed by atoms with Crippen molar-refractivity contribution in [1.29, 1.82) is 0 Å². The topological polar surface area (TPSA) is 93.1 Å². The highest BCUT2D eigenvalue weighted by Crippen LogP contribution is 2.25. The lowest BCUT2D eigenvalue weighted by molar-refractivity contribution is -0.150. The van der Waals surface area contributed by atoms with E-state index in [2.05, 4.69) is 4.74 Å². The summed E-state index contributed by atoms with van der Waals surface area (Å²) in [6, 6.07) is 5.63. The van der Waals surface area contributed by atoms with Crippen LogP contribution in [-0.4, -0.2) is 23.4 Å². The van der Waals surface area contributed by atoms with Crippen LogP contribution in [0.3, 0.4) is 0 Å². The maximum Gasteiger partial charge on any atom is 0.339 e. The summed E-state index contributed by atoms with van der Waals surface area (Å²) < 4.78 is 4.31. The van der Waals surface area contributed by atoms with Crippen molar-refractivity contribution in [2.75, 3.05) is 12.3 Å². The van der Waals surface area contributed by atoms with Crippen molar-refractivity contribution in [3.63, 3.8) is 0 Å². The molecule has 2 N–H and O–H groups in total. The molecule has 0 fully saturated rings. The van der Waals surface area contributed by atoms with Gasteiger partial charge in [-0.15, -0.1) is 0 Å². The van der Waals surface area contributed by atoms with Crippen molar-refractivity contribution in [1.82, 2.24) is 0 Å². The van der Waals surface area contributed by atoms with Crippen LogP contribution in [0.2, 0.25) is 0 Å². The summed E-state index contributed by atoms with van der Waals surface area (Å²) in [4.78, 5) is 11.0. The third kappa shape index (κ3) is 2.44. The molecule has 0 aliphatic heterocycles. The number of aliphatic hydroxyl groups is 1. The van der Waals surface area contributed by atoms with Gasteiger partial charge in [-0.3, -0.25) is 5.21 Å². The molecule has 1 rings (SSSR count). The minimum atomic E-state index is -1.59. The number of hydrogen-bond donors (Lipinski definition) is 2. The van der Waals surface area contributed by atoms with Gasteiger partial charge in [-0.2, -0.15) is 0 Å². The third-order valence-electron chi connectivity index (χ3n) is 1.86. The Morgan fingerprint density at radius 2 is 2.13 bits per heavy atom. The molecule has 0 aliphatic rings. The van der Waals surface area contributed by atoms with E-state index in [4.69, 9.17) is 5.21 Å². The largest absolute Gasteiger partial charge is 0.733 e. The van der Waals surface area contributed by atoms with Crippen LogP contribution in [0.4, 0.5) is 5.69 Å². The highest BCUT2D eigenvalue weighted by Gasteiger charge is 2.20. The Kier molecular flexibility index (Phi) is 3.62. The smallest absolute Gasteiger partial charge is 0.339 e. The van der Waals surface area contributed by atoms with Gasteiger partial charge in [-0.1, -0.05) is 18.2 Å². The number of para-hydroxylation sites is 1. The summed E-state index contributed by atoms with van der Waals surface area (Å²) in [5, 5.41) is 28.5. The third-order valence-corrected chi connectivity index (χ3v) is 1.86. The van der Waals surface area contributed by atoms with Crippen LogP contribution in [0.5, 0.6) is 0 Å². The van der Waals surface area contributed by atoms with Crippen molar-refractivity contribution in [3.05, 3.63) is 35.0 Å². The molecule has 0 unspecified atom stereocenters. The monoisotopic (exact) mass is 212 g/mol. The number of methoxy groups -OCH3 is 1. The molecule has 82 valence electrons. The van der Waals surface area contributed by atoms with Gasteiger partial charge in [0.1, 0.15) is 0 Å². The number of ether oxygens (including phenoxy) is 1. The predicted octanol–water partition coefficient (Wildman–Crippen LogP) is 0.586. The van der Waals surface area contributed by atoms with Crippen LogP contribution in [0.1, 0.15) is 11.7 Å². The van der Waals surface area contributed by atoms with Crippen LogP contribution in [0.15, 0.2) is 24.3 Å². The van der Waals surface area contributed by atoms with Gasteiger partial charge < -0.3 is 20.3 Å². The first-order valence-electron chi connectivity index (χ1n) is 4.09. The van der Waals surface area contributed by atoms with E-state index in [-0.39, 0.29) is 11.3 Å². The Labute approximate surface area is 85.9 Å². The first kappa shape index (κ1) is 11.4. The van der Waals surface area contributed by atoms with Crippen molar-refractivity contribution in [3.8, 4) is 0 Å². The molecule has 6 heteroatoms. The number of carbonyl (C=O) groups excluding carboxylic acids is 1. The number of rotatable bonds is 3. The lowest BCUT2D eigenvalue weighted by Crippen LogP contribution is -2.18. The van der Waals surface area contributed by atoms with Gasteiger partial charge in [-0.05, 0) is 6.07 Å². The lowest BCUT2D eigenvalue weighted by Gasteiger charge is -2.25. The van der Waals surface area contributed by atoms with E-state index in [0.717, 1.165) is 7.11 Å². The second-order valence-corrected chi connectivity index (χ2v) is 2.76. The number of esters is 1. The number of aliphatic hydroxyl groups excluding tert-OH is 1. The average Bonchev–Trinajstić information content (AvgIpc) is 2.27. The highest BCUT2D eigenvalue weighted by atomic mass is 16.8. The van der Waals surface area contributed by atoms with Gasteiger partial charge in [0.05, 0.1) is 12.8 Å². The molecule has 6 nitrogen and oxygen atoms in total. The number of anilines is 1. The van der Waals surface area contributed by atoms with Crippen LogP contribution >= 0.6 is 0 Å². The Morgan fingerprint density at radius 1 is 1.53 bits per heavy atom. The fourth-order valence-electron chi connectivity index (χ4n) is 1.13. The Hall–Kier alpha value is -1.63. The molecule has 0 aliphatic carbocycles. The molecule has 1 atom stereocenters. The van der Waals surface area contributed by atoms with Crippen molar-refractivity contribution in [2.24, 2.45) is 0 Å². The van der Waals surface area contributed by atoms with Gasteiger partial charge in [0.15, 0.2) is 6.10 Å². The van der Waals surface area contributed by atoms with Crippen LogP contribution < -0.4 is 5.23 Å². The molecule has 0 heterocycles. The van der Waals surface area contributed by atoms with E-state index in [9.17, 15) is 15.1 Å². The van der Waals surface area contributed by atoms with Gasteiger partial charge in [0.2, 0.25) is 0 Å². The van der Waals surface area contributed by atoms with E-state index in [1.807, 2.05) is 0 Å². The normalized spacial score (nSPS) is 12.0. The summed E-state index contributed by atoms with van der Waals surface area (Å²) in [5.74, 6) is -0.899. The molecule has 1 aromatic rings. The van der Waals surface area contributed by atoms with E-state index in [1.54, 1.807) is 0 Å². The van der Waals surface area contributed by atoms with Gasteiger partial charge >= 0.3 is 5.97 Å². The Bertz CT molecular complexity index is 352. The average molecular weight is 212 g/mol. The summed E-state index contributed by atoms with van der Waals surface area (Å²) in [6.07, 6.45) is -1.59. The molecule has 1 aromatic carbocycles. The minimum Gasteiger partial charge on any atom is -0.733 e. The van der Waals surface area contributed by atoms with Gasteiger partial charge in [-0.25, -0.2) is 4.79 Å². The van der Waals surface area contributed by atoms with E-state index < -0.39 is 17.3 Å². The minimum absolute atomic E-state index is 0.0122. The second kappa shape index (κ2) is 4.74. The zero-order valence-electron chi connectivity index (χ0n) is 7.95. The lowest BCUT2D eigenvalue weighted by atomic mass is 10.1. The molecular weight excluding hydrogens is 202 g/mol. The number of nitrogens with zero attached hydrogens (tertiary/aromatic N) is 1. The fraction of sp³-hybridized carbons (Fsp3) is 0.222. The molecule has 0 bridgehead atoms. The molecule has 15 heavy (non-hydrogen) atoms. The Balaban J connectivity index is 3.07. The molecule has 0 saturated heterocycles. The molecule has 0 saturated carbocycles. The van der Waals surface area contributed by atoms with E-state index >= 15 is 0 Å². The summed E-state index contributed by atoms with van der Waals surface area (Å²) in [6.45, 7) is 0. The van der Waals surface area contributed by atoms with E-state index in [1.165, 1.54) is 24.3 Å². The maximum absolute atomic E-state index is 11.0. The van der Waals surface area contributed by atoms with Crippen molar-refractivity contribution < 1.29 is 19.8 Å². The van der Waals surface area contributed by atoms with Crippen LogP contribution in [0.25, 0.3) is 0 Å². The SMILES string of the molecule is COC(=O)[C@H](O)c1ccccc1N([O-])O. The Morgan fingerprint density at radius 3 is 2.67 bits per heavy atom. The summed E-state index contributed by atoms with van der Waals surface area (Å²) in [7, 11) is 1.11. The van der Waals surface area contributed by atoms with Crippen molar-refractivity contribution >= 4 is 11.7 Å². The van der Waals surface area contributed by atoms with Crippen LogP contribution in [-0.2, 0) is 9.53 Å². The zero-order chi connectivity index (χ0) is 11.4. The number of hydrogen-bond acceptors (Lipinski definition) is 6. The molecule has 0 spiro atoms. The highest BCUT2D eigenvalue weighted by molar-refractivity contribution is 5.78. The van der Waals surface area contributed by atoms with E-state index in [0.29, 0.717) is 0 Å². The van der Waals surface area contributed by atoms with Gasteiger partial charge in [0, 0.05) is 5.56 Å². The summed E-state index contributed by atoms with van der Waals surface area (Å²) >= 11 is 0. The number of carbonyl (C=O) groups is 1. The zero-order valence-corrected chi connectivity index (χ0v) is 7.95. The first-order chi connectivity index (χ1) is 7.07. The molecular formula is C9H10NO5-. The van der Waals surface area contributed by atoms with Gasteiger partial charge in [0.25, 0.3) is 0 Å². The molecule has 0 aromatic heterocycles. The number of benzene rings is 1. The summed E-state index contributed by atoms with van der Waals surface area (Å²) in [5.41, 5.74) is -0.211. The first-order valence-corrected chi connectivity index (χ1v) is 4.09. The fourth-order valence-corrected chi connectivity index (χ4v) is 1.13. The molecule has 0 amide bonds. The van der Waals surface area contributed by atoms with Crippen molar-refractivity contribution in [2.45, 2.75) is 6.10 Å². The quantitative estimate of drug-likeness (QED) is 0.562. The standard InChI is InChI=1S/C9H10NO5/c1-15-9(12)8(11)6-4-2-3-5-7(6)10(13)14/h2-5,8,11,13H,1H3/q-1/t8-/m1/s1. The second-order valence-electron chi connectivity index (χ2n) is 2.76.